The third-order valence-electron chi connectivity index (χ3n) is 4.91. The highest BCUT2D eigenvalue weighted by atomic mass is 32.2. The molecule has 0 aliphatic carbocycles. The van der Waals surface area contributed by atoms with Crippen LogP contribution in [0.1, 0.15) is 42.6 Å². The quantitative estimate of drug-likeness (QED) is 0.550. The number of nitrogens with zero attached hydrogens (tertiary/aromatic N) is 3. The zero-order chi connectivity index (χ0) is 21.9. The lowest BCUT2D eigenvalue weighted by molar-refractivity contribution is 0.0998. The van der Waals surface area contributed by atoms with Crippen molar-refractivity contribution in [3.8, 4) is 0 Å². The van der Waals surface area contributed by atoms with Gasteiger partial charge in [0, 0.05) is 25.7 Å². The van der Waals surface area contributed by atoms with Gasteiger partial charge in [-0.3, -0.25) is 4.79 Å². The first-order chi connectivity index (χ1) is 14.3. The lowest BCUT2D eigenvalue weighted by atomic mass is 10.2. The fraction of sp³-hybridized carbons (Fsp3) is 0.364. The number of hydrogen-bond donors (Lipinski definition) is 0. The average Bonchev–Trinajstić information content (AvgIpc) is 3.04. The summed E-state index contributed by atoms with van der Waals surface area (Å²) in [5.41, 5.74) is 2.54. The number of sulfonamides is 1. The number of hydrogen-bond acceptors (Lipinski definition) is 4. The monoisotopic (exact) mass is 445 g/mol. The van der Waals surface area contributed by atoms with E-state index in [0.717, 1.165) is 28.6 Å². The summed E-state index contributed by atoms with van der Waals surface area (Å²) in [4.78, 5) is 17.8. The minimum atomic E-state index is -3.57. The predicted octanol–water partition coefficient (Wildman–Crippen LogP) is 4.10. The van der Waals surface area contributed by atoms with Gasteiger partial charge in [-0.25, -0.2) is 8.42 Å². The summed E-state index contributed by atoms with van der Waals surface area (Å²) >= 11 is 1.46. The van der Waals surface area contributed by atoms with Gasteiger partial charge in [-0.1, -0.05) is 37.3 Å². The molecule has 6 nitrogen and oxygen atoms in total. The van der Waals surface area contributed by atoms with Gasteiger partial charge in [0.1, 0.15) is 0 Å². The third kappa shape index (κ3) is 4.40. The van der Waals surface area contributed by atoms with E-state index in [1.807, 2.05) is 50.6 Å². The van der Waals surface area contributed by atoms with Gasteiger partial charge in [-0.05, 0) is 55.7 Å². The summed E-state index contributed by atoms with van der Waals surface area (Å²) in [6, 6.07) is 12.1. The molecule has 0 unspecified atom stereocenters. The molecule has 0 radical (unpaired) electrons. The highest BCUT2D eigenvalue weighted by molar-refractivity contribution is 7.89. The molecule has 0 saturated carbocycles. The zero-order valence-corrected chi connectivity index (χ0v) is 19.4. The molecule has 1 aromatic heterocycles. The minimum Gasteiger partial charge on any atom is -0.319 e. The summed E-state index contributed by atoms with van der Waals surface area (Å²) in [5.74, 6) is -0.391. The normalized spacial score (nSPS) is 12.8. The molecular weight excluding hydrogens is 418 g/mol. The van der Waals surface area contributed by atoms with Crippen molar-refractivity contribution in [1.29, 1.82) is 0 Å². The summed E-state index contributed by atoms with van der Waals surface area (Å²) in [7, 11) is -1.67. The van der Waals surface area contributed by atoms with Crippen molar-refractivity contribution in [3.63, 3.8) is 0 Å². The van der Waals surface area contributed by atoms with Crippen molar-refractivity contribution in [2.24, 2.45) is 12.0 Å². The maximum absolute atomic E-state index is 12.9. The van der Waals surface area contributed by atoms with E-state index in [1.54, 1.807) is 0 Å². The van der Waals surface area contributed by atoms with E-state index >= 15 is 0 Å². The molecule has 1 heterocycles. The van der Waals surface area contributed by atoms with Crippen molar-refractivity contribution >= 4 is 37.5 Å². The number of carbonyl (C=O) groups excluding carboxylic acids is 1. The number of thiazole rings is 1. The molecule has 0 aliphatic heterocycles. The lowest BCUT2D eigenvalue weighted by Gasteiger charge is -2.21. The molecule has 0 aliphatic rings. The van der Waals surface area contributed by atoms with Crippen molar-refractivity contribution in [2.45, 2.75) is 38.5 Å². The molecule has 3 aromatic rings. The van der Waals surface area contributed by atoms with Crippen LogP contribution >= 0.6 is 11.3 Å². The maximum Gasteiger partial charge on any atom is 0.279 e. The molecule has 2 aromatic carbocycles. The minimum absolute atomic E-state index is 0.198. The van der Waals surface area contributed by atoms with Crippen LogP contribution in [0.4, 0.5) is 0 Å². The highest BCUT2D eigenvalue weighted by Gasteiger charge is 2.23. The Hall–Kier alpha value is -2.29. The average molecular weight is 446 g/mol. The van der Waals surface area contributed by atoms with Gasteiger partial charge in [0.05, 0.1) is 15.1 Å². The molecule has 0 atom stereocenters. The van der Waals surface area contributed by atoms with Gasteiger partial charge in [-0.2, -0.15) is 9.30 Å². The molecule has 8 heteroatoms. The van der Waals surface area contributed by atoms with Gasteiger partial charge < -0.3 is 4.57 Å². The van der Waals surface area contributed by atoms with Crippen molar-refractivity contribution in [1.82, 2.24) is 8.87 Å². The molecular formula is C22H27N3O3S2. The molecule has 0 N–H and O–H groups in total. The number of carbonyl (C=O) groups is 1. The Bertz CT molecular complexity index is 1220. The Morgan fingerprint density at radius 2 is 1.70 bits per heavy atom. The van der Waals surface area contributed by atoms with Gasteiger partial charge >= 0.3 is 0 Å². The van der Waals surface area contributed by atoms with E-state index in [2.05, 4.69) is 4.99 Å². The number of aromatic nitrogens is 1. The Morgan fingerprint density at radius 3 is 2.27 bits per heavy atom. The lowest BCUT2D eigenvalue weighted by Crippen LogP contribution is -2.32. The maximum atomic E-state index is 12.9. The topological polar surface area (TPSA) is 71.7 Å². The van der Waals surface area contributed by atoms with Crippen LogP contribution in [0.5, 0.6) is 0 Å². The second-order valence-electron chi connectivity index (χ2n) is 7.21. The molecule has 0 bridgehead atoms. The molecule has 30 heavy (non-hydrogen) atoms. The van der Waals surface area contributed by atoms with Crippen LogP contribution in [0.25, 0.3) is 10.2 Å². The SMILES string of the molecule is CCCN(CCC)S(=O)(=O)c1ccc(C(=O)N=c2sc3cccc(C)c3n2C)cc1. The summed E-state index contributed by atoms with van der Waals surface area (Å²) in [5, 5.41) is 0. The van der Waals surface area contributed by atoms with Gasteiger partial charge in [0.2, 0.25) is 10.0 Å². The van der Waals surface area contributed by atoms with Crippen LogP contribution in [0, 0.1) is 6.92 Å². The van der Waals surface area contributed by atoms with Crippen LogP contribution in [0.2, 0.25) is 0 Å². The Labute approximate surface area is 181 Å². The Balaban J connectivity index is 1.91. The Morgan fingerprint density at radius 1 is 1.07 bits per heavy atom. The molecule has 3 rings (SSSR count). The third-order valence-corrected chi connectivity index (χ3v) is 7.92. The van der Waals surface area contributed by atoms with Crippen LogP contribution < -0.4 is 4.80 Å². The van der Waals surface area contributed by atoms with E-state index in [-0.39, 0.29) is 4.90 Å². The van der Waals surface area contributed by atoms with E-state index in [4.69, 9.17) is 0 Å². The summed E-state index contributed by atoms with van der Waals surface area (Å²) in [6.45, 7) is 6.90. The van der Waals surface area contributed by atoms with E-state index in [9.17, 15) is 13.2 Å². The van der Waals surface area contributed by atoms with Crippen LogP contribution in [0.15, 0.2) is 52.4 Å². The smallest absolute Gasteiger partial charge is 0.279 e. The van der Waals surface area contributed by atoms with Crippen molar-refractivity contribution in [2.75, 3.05) is 13.1 Å². The fourth-order valence-electron chi connectivity index (χ4n) is 3.43. The second kappa shape index (κ2) is 9.24. The largest absolute Gasteiger partial charge is 0.319 e. The van der Waals surface area contributed by atoms with Gasteiger partial charge in [0.15, 0.2) is 4.80 Å². The summed E-state index contributed by atoms with van der Waals surface area (Å²) in [6.07, 6.45) is 1.50. The van der Waals surface area contributed by atoms with Crippen molar-refractivity contribution < 1.29 is 13.2 Å². The number of amides is 1. The number of benzene rings is 2. The van der Waals surface area contributed by atoms with Gasteiger partial charge in [-0.15, -0.1) is 0 Å². The number of para-hydroxylation sites is 1. The molecule has 0 saturated heterocycles. The fourth-order valence-corrected chi connectivity index (χ4v) is 6.14. The Kier molecular flexibility index (Phi) is 6.90. The standard InChI is InChI=1S/C22H27N3O3S2/c1-5-14-25(15-6-2)30(27,28)18-12-10-17(11-13-18)21(26)23-22-24(4)20-16(3)8-7-9-19(20)29-22/h7-13H,5-6,14-15H2,1-4H3. The first-order valence-corrected chi connectivity index (χ1v) is 12.3. The van der Waals surface area contributed by atoms with Crippen molar-refractivity contribution in [3.05, 3.63) is 58.4 Å². The van der Waals surface area contributed by atoms with E-state index < -0.39 is 15.9 Å². The molecule has 0 fully saturated rings. The number of aryl methyl sites for hydroxylation is 2. The summed E-state index contributed by atoms with van der Waals surface area (Å²) < 4.78 is 30.2. The van der Waals surface area contributed by atoms with E-state index in [0.29, 0.717) is 23.5 Å². The first kappa shape index (κ1) is 22.4. The molecule has 0 spiro atoms. The highest BCUT2D eigenvalue weighted by Crippen LogP contribution is 2.20. The second-order valence-corrected chi connectivity index (χ2v) is 10.2. The predicted molar refractivity (Wildman–Crippen MR) is 121 cm³/mol. The number of fused-ring (bicyclic) bond motifs is 1. The molecule has 160 valence electrons. The first-order valence-electron chi connectivity index (χ1n) is 10.0. The van der Waals surface area contributed by atoms with Gasteiger partial charge in [0.25, 0.3) is 5.91 Å². The van der Waals surface area contributed by atoms with E-state index in [1.165, 1.54) is 39.9 Å². The van der Waals surface area contributed by atoms with Crippen LogP contribution in [-0.4, -0.2) is 36.3 Å². The van der Waals surface area contributed by atoms with Crippen LogP contribution in [-0.2, 0) is 17.1 Å². The van der Waals surface area contributed by atoms with Crippen LogP contribution in [0.3, 0.4) is 0 Å². The molecule has 1 amide bonds. The zero-order valence-electron chi connectivity index (χ0n) is 17.8. The number of rotatable bonds is 7.